The molecule has 2 N–H and O–H groups in total. The molecule has 1 aliphatic heterocycles. The van der Waals surface area contributed by atoms with E-state index < -0.39 is 9.84 Å². The van der Waals surface area contributed by atoms with E-state index in [0.717, 1.165) is 11.3 Å². The number of anilines is 1. The van der Waals surface area contributed by atoms with Gasteiger partial charge in [-0.05, 0) is 18.1 Å². The summed E-state index contributed by atoms with van der Waals surface area (Å²) in [6.45, 7) is 0. The van der Waals surface area contributed by atoms with Crippen LogP contribution in [0.5, 0.6) is 0 Å². The topological polar surface area (TPSA) is 82.2 Å². The second kappa shape index (κ2) is 3.62. The lowest BCUT2D eigenvalue weighted by molar-refractivity contribution is 0.595. The van der Waals surface area contributed by atoms with Crippen molar-refractivity contribution in [3.63, 3.8) is 0 Å². The zero-order valence-corrected chi connectivity index (χ0v) is 9.88. The number of hydrogen-bond acceptors (Lipinski definition) is 4. The van der Waals surface area contributed by atoms with Crippen LogP contribution in [0.3, 0.4) is 0 Å². The molecule has 0 unspecified atom stereocenters. The van der Waals surface area contributed by atoms with E-state index >= 15 is 0 Å². The van der Waals surface area contributed by atoms with Crippen molar-refractivity contribution >= 4 is 15.5 Å². The van der Waals surface area contributed by atoms with Gasteiger partial charge in [-0.3, -0.25) is 4.79 Å². The fraction of sp³-hybridized carbons (Fsp3) is 0.500. The molecule has 88 valence electrons. The van der Waals surface area contributed by atoms with Crippen LogP contribution in [0.2, 0.25) is 0 Å². The Balaban J connectivity index is 2.59. The summed E-state index contributed by atoms with van der Waals surface area (Å²) in [7, 11) is -1.35. The summed E-state index contributed by atoms with van der Waals surface area (Å²) in [4.78, 5) is 11.6. The van der Waals surface area contributed by atoms with E-state index in [2.05, 4.69) is 0 Å². The van der Waals surface area contributed by atoms with E-state index in [1.807, 2.05) is 0 Å². The van der Waals surface area contributed by atoms with E-state index in [4.69, 9.17) is 5.73 Å². The number of nitrogen functional groups attached to an aromatic ring is 1. The van der Waals surface area contributed by atoms with E-state index in [-0.39, 0.29) is 22.8 Å². The quantitative estimate of drug-likeness (QED) is 0.663. The Labute approximate surface area is 93.8 Å². The van der Waals surface area contributed by atoms with Crippen molar-refractivity contribution in [1.29, 1.82) is 0 Å². The summed E-state index contributed by atoms with van der Waals surface area (Å²) < 4.78 is 24.5. The van der Waals surface area contributed by atoms with Crippen LogP contribution in [0.4, 0.5) is 5.69 Å². The van der Waals surface area contributed by atoms with Gasteiger partial charge in [0.2, 0.25) is 0 Å². The highest BCUT2D eigenvalue weighted by Gasteiger charge is 2.21. The lowest BCUT2D eigenvalue weighted by Crippen LogP contribution is -2.25. The van der Waals surface area contributed by atoms with Crippen LogP contribution in [0.25, 0.3) is 0 Å². The average Bonchev–Trinajstić information content (AvgIpc) is 2.35. The third-order valence-corrected chi connectivity index (χ3v) is 4.64. The zero-order chi connectivity index (χ0) is 11.9. The Morgan fingerprint density at radius 3 is 2.62 bits per heavy atom. The molecular weight excluding hydrogens is 228 g/mol. The number of nitrogens with zero attached hydrogens (tertiary/aromatic N) is 1. The molecule has 0 aromatic carbocycles. The highest BCUT2D eigenvalue weighted by molar-refractivity contribution is 7.91. The molecule has 0 amide bonds. The molecule has 0 atom stereocenters. The summed E-state index contributed by atoms with van der Waals surface area (Å²) in [5, 5.41) is 0. The van der Waals surface area contributed by atoms with Gasteiger partial charge in [-0.15, -0.1) is 0 Å². The second-order valence-electron chi connectivity index (χ2n) is 4.09. The number of rotatable bonds is 0. The minimum Gasteiger partial charge on any atom is -0.394 e. The van der Waals surface area contributed by atoms with Crippen LogP contribution in [0.15, 0.2) is 10.9 Å². The minimum atomic E-state index is -2.99. The van der Waals surface area contributed by atoms with Crippen molar-refractivity contribution in [2.24, 2.45) is 7.05 Å². The first-order valence-electron chi connectivity index (χ1n) is 5.08. The molecule has 2 heterocycles. The summed E-state index contributed by atoms with van der Waals surface area (Å²) in [5.74, 6) is 0.245. The van der Waals surface area contributed by atoms with Gasteiger partial charge < -0.3 is 10.3 Å². The number of fused-ring (bicyclic) bond motifs is 1. The van der Waals surface area contributed by atoms with Gasteiger partial charge in [0.05, 0.1) is 17.2 Å². The zero-order valence-electron chi connectivity index (χ0n) is 9.06. The summed E-state index contributed by atoms with van der Waals surface area (Å²) in [6.07, 6.45) is 0.833. The molecule has 1 aliphatic rings. The summed E-state index contributed by atoms with van der Waals surface area (Å²) in [6, 6.07) is 1.61. The monoisotopic (exact) mass is 242 g/mol. The predicted molar refractivity (Wildman–Crippen MR) is 62.2 cm³/mol. The molecule has 6 heteroatoms. The summed E-state index contributed by atoms with van der Waals surface area (Å²) in [5.41, 5.74) is 7.18. The molecule has 0 saturated heterocycles. The summed E-state index contributed by atoms with van der Waals surface area (Å²) >= 11 is 0. The van der Waals surface area contributed by atoms with E-state index in [0.29, 0.717) is 12.8 Å². The van der Waals surface area contributed by atoms with Crippen LogP contribution in [-0.2, 0) is 29.7 Å². The first-order chi connectivity index (χ1) is 7.41. The molecule has 0 aliphatic carbocycles. The smallest absolute Gasteiger partial charge is 0.273 e. The van der Waals surface area contributed by atoms with Crippen molar-refractivity contribution < 1.29 is 8.42 Å². The van der Waals surface area contributed by atoms with Crippen molar-refractivity contribution in [2.75, 3.05) is 17.2 Å². The third kappa shape index (κ3) is 1.84. The third-order valence-electron chi connectivity index (χ3n) is 2.99. The number of nitrogens with two attached hydrogens (primary N) is 1. The molecule has 1 aromatic heterocycles. The molecule has 0 spiro atoms. The van der Waals surface area contributed by atoms with Crippen LogP contribution in [-0.4, -0.2) is 24.5 Å². The maximum absolute atomic E-state index is 11.6. The molecule has 0 saturated carbocycles. The maximum atomic E-state index is 11.6. The highest BCUT2D eigenvalue weighted by Crippen LogP contribution is 2.16. The normalized spacial score (nSPS) is 18.8. The Bertz CT molecular complexity index is 587. The Kier molecular flexibility index (Phi) is 2.53. The van der Waals surface area contributed by atoms with Crippen LogP contribution < -0.4 is 11.3 Å². The molecule has 0 fully saturated rings. The van der Waals surface area contributed by atoms with Gasteiger partial charge in [-0.1, -0.05) is 0 Å². The molecule has 0 radical (unpaired) electrons. The van der Waals surface area contributed by atoms with E-state index in [1.165, 1.54) is 4.57 Å². The SMILES string of the molecule is Cn1c2c(cc(N)c1=O)CCS(=O)(=O)CC2. The number of sulfone groups is 1. The standard InChI is InChI=1S/C10H14N2O3S/c1-12-9-3-5-16(14,15)4-2-7(9)6-8(11)10(12)13/h6H,2-5,11H2,1H3. The first kappa shape index (κ1) is 11.2. The van der Waals surface area contributed by atoms with Crippen LogP contribution in [0, 0.1) is 0 Å². The first-order valence-corrected chi connectivity index (χ1v) is 6.90. The lowest BCUT2D eigenvalue weighted by Gasteiger charge is -2.11. The number of hydrogen-bond donors (Lipinski definition) is 1. The van der Waals surface area contributed by atoms with Gasteiger partial charge in [0.15, 0.2) is 9.84 Å². The highest BCUT2D eigenvalue weighted by atomic mass is 32.2. The number of aryl methyl sites for hydroxylation is 1. The molecule has 2 rings (SSSR count). The van der Waals surface area contributed by atoms with Gasteiger partial charge in [0.1, 0.15) is 0 Å². The number of aromatic nitrogens is 1. The van der Waals surface area contributed by atoms with Crippen molar-refractivity contribution in [3.8, 4) is 0 Å². The Morgan fingerprint density at radius 2 is 1.94 bits per heavy atom. The Morgan fingerprint density at radius 1 is 1.31 bits per heavy atom. The second-order valence-corrected chi connectivity index (χ2v) is 6.39. The Hall–Kier alpha value is -1.30. The number of pyridine rings is 1. The van der Waals surface area contributed by atoms with Crippen molar-refractivity contribution in [2.45, 2.75) is 12.8 Å². The van der Waals surface area contributed by atoms with Gasteiger partial charge in [0, 0.05) is 19.2 Å². The molecular formula is C10H14N2O3S. The van der Waals surface area contributed by atoms with Crippen LogP contribution in [0.1, 0.15) is 11.3 Å². The molecule has 16 heavy (non-hydrogen) atoms. The van der Waals surface area contributed by atoms with Crippen molar-refractivity contribution in [1.82, 2.24) is 4.57 Å². The van der Waals surface area contributed by atoms with Gasteiger partial charge in [0.25, 0.3) is 5.56 Å². The molecule has 0 bridgehead atoms. The molecule has 5 nitrogen and oxygen atoms in total. The van der Waals surface area contributed by atoms with E-state index in [1.54, 1.807) is 13.1 Å². The van der Waals surface area contributed by atoms with Gasteiger partial charge in [-0.2, -0.15) is 0 Å². The largest absolute Gasteiger partial charge is 0.394 e. The average molecular weight is 242 g/mol. The van der Waals surface area contributed by atoms with Crippen molar-refractivity contribution in [3.05, 3.63) is 27.7 Å². The molecule has 1 aromatic rings. The van der Waals surface area contributed by atoms with Gasteiger partial charge in [-0.25, -0.2) is 8.42 Å². The minimum absolute atomic E-state index is 0.108. The van der Waals surface area contributed by atoms with E-state index in [9.17, 15) is 13.2 Å². The fourth-order valence-electron chi connectivity index (χ4n) is 2.03. The van der Waals surface area contributed by atoms with Crippen LogP contribution >= 0.6 is 0 Å². The fourth-order valence-corrected chi connectivity index (χ4v) is 3.27. The van der Waals surface area contributed by atoms with Gasteiger partial charge >= 0.3 is 0 Å². The lowest BCUT2D eigenvalue weighted by atomic mass is 10.1. The predicted octanol–water partition coefficient (Wildman–Crippen LogP) is -0.519. The maximum Gasteiger partial charge on any atom is 0.273 e.